The van der Waals surface area contributed by atoms with Crippen LogP contribution >= 0.6 is 24.0 Å². The number of carbonyl (C=O) groups is 1. The summed E-state index contributed by atoms with van der Waals surface area (Å²) in [6.07, 6.45) is 0.824. The van der Waals surface area contributed by atoms with Crippen LogP contribution in [0.1, 0.15) is 28.4 Å². The van der Waals surface area contributed by atoms with Crippen molar-refractivity contribution in [3.63, 3.8) is 0 Å². The molecule has 2 N–H and O–H groups in total. The minimum Gasteiger partial charge on any atom is -0.497 e. The largest absolute Gasteiger partial charge is 0.497 e. The van der Waals surface area contributed by atoms with Gasteiger partial charge in [-0.05, 0) is 48.7 Å². The molecule has 0 amide bonds. The Balaban J connectivity index is 0.00000392. The number of ether oxygens (including phenoxy) is 2. The lowest BCUT2D eigenvalue weighted by atomic mass is 10.1. The van der Waals surface area contributed by atoms with Gasteiger partial charge in [0.25, 0.3) is 0 Å². The highest BCUT2D eigenvalue weighted by Gasteiger charge is 2.04. The van der Waals surface area contributed by atoms with Crippen molar-refractivity contribution in [3.8, 4) is 5.75 Å². The average molecular weight is 497 g/mol. The van der Waals surface area contributed by atoms with E-state index in [4.69, 9.17) is 9.47 Å². The zero-order chi connectivity index (χ0) is 19.5. The first-order valence-electron chi connectivity index (χ1n) is 8.98. The summed E-state index contributed by atoms with van der Waals surface area (Å²) in [4.78, 5) is 16.1. The Bertz CT molecular complexity index is 764. The van der Waals surface area contributed by atoms with E-state index in [0.29, 0.717) is 12.1 Å². The number of aliphatic imine (C=N–C) groups is 1. The Hall–Kier alpha value is -2.29. The molecule has 0 saturated heterocycles. The molecule has 28 heavy (non-hydrogen) atoms. The molecule has 0 atom stereocenters. The summed E-state index contributed by atoms with van der Waals surface area (Å²) in [5.74, 6) is 1.28. The Morgan fingerprint density at radius 3 is 2.43 bits per heavy atom. The summed E-state index contributed by atoms with van der Waals surface area (Å²) in [6.45, 7) is 4.13. The molecule has 7 heteroatoms. The molecule has 0 aliphatic heterocycles. The summed E-state index contributed by atoms with van der Waals surface area (Å²) in [5, 5.41) is 6.58. The van der Waals surface area contributed by atoms with Gasteiger partial charge in [0.15, 0.2) is 5.96 Å². The van der Waals surface area contributed by atoms with Crippen molar-refractivity contribution in [2.24, 2.45) is 4.99 Å². The van der Waals surface area contributed by atoms with Crippen LogP contribution < -0.4 is 15.4 Å². The molecule has 0 aliphatic rings. The minimum atomic E-state index is -0.321. The van der Waals surface area contributed by atoms with Crippen LogP contribution in [0.3, 0.4) is 0 Å². The van der Waals surface area contributed by atoms with Crippen molar-refractivity contribution >= 4 is 35.9 Å². The molecule has 0 unspecified atom stereocenters. The van der Waals surface area contributed by atoms with Gasteiger partial charge in [-0.15, -0.1) is 24.0 Å². The summed E-state index contributed by atoms with van der Waals surface area (Å²) in [6, 6.07) is 15.3. The maximum Gasteiger partial charge on any atom is 0.337 e. The zero-order valence-corrected chi connectivity index (χ0v) is 18.9. The number of halogens is 1. The lowest BCUT2D eigenvalue weighted by Gasteiger charge is -2.12. The van der Waals surface area contributed by atoms with Crippen LogP contribution in [0.15, 0.2) is 53.5 Å². The molecular weight excluding hydrogens is 469 g/mol. The van der Waals surface area contributed by atoms with Gasteiger partial charge in [-0.3, -0.25) is 0 Å². The smallest absolute Gasteiger partial charge is 0.337 e. The maximum atomic E-state index is 11.5. The fraction of sp³-hybridized carbons (Fsp3) is 0.333. The summed E-state index contributed by atoms with van der Waals surface area (Å²) in [7, 11) is 3.04. The second kappa shape index (κ2) is 13.0. The van der Waals surface area contributed by atoms with E-state index >= 15 is 0 Å². The monoisotopic (exact) mass is 497 g/mol. The Labute approximate surface area is 183 Å². The molecule has 2 aromatic carbocycles. The first kappa shape index (κ1) is 23.7. The summed E-state index contributed by atoms with van der Waals surface area (Å²) < 4.78 is 9.96. The number of esters is 1. The SMILES string of the molecule is CCNC(=NCc1cccc(OC)c1)NCCc1ccc(C(=O)OC)cc1.I. The second-order valence-corrected chi connectivity index (χ2v) is 5.91. The van der Waals surface area contributed by atoms with Gasteiger partial charge in [0, 0.05) is 13.1 Å². The lowest BCUT2D eigenvalue weighted by molar-refractivity contribution is 0.0600. The maximum absolute atomic E-state index is 11.5. The van der Waals surface area contributed by atoms with E-state index in [9.17, 15) is 4.79 Å². The van der Waals surface area contributed by atoms with Crippen LogP contribution in [0.25, 0.3) is 0 Å². The van der Waals surface area contributed by atoms with Gasteiger partial charge in [-0.2, -0.15) is 0 Å². The van der Waals surface area contributed by atoms with Crippen molar-refractivity contribution in [1.82, 2.24) is 10.6 Å². The number of rotatable bonds is 8. The number of hydrogen-bond acceptors (Lipinski definition) is 4. The summed E-state index contributed by atoms with van der Waals surface area (Å²) >= 11 is 0. The van der Waals surface area contributed by atoms with E-state index in [0.717, 1.165) is 42.3 Å². The minimum absolute atomic E-state index is 0. The second-order valence-electron chi connectivity index (χ2n) is 5.91. The number of methoxy groups -OCH3 is 2. The normalized spacial score (nSPS) is 10.6. The van der Waals surface area contributed by atoms with Gasteiger partial charge >= 0.3 is 5.97 Å². The highest BCUT2D eigenvalue weighted by Crippen LogP contribution is 2.13. The van der Waals surface area contributed by atoms with Crippen LogP contribution in [0.2, 0.25) is 0 Å². The van der Waals surface area contributed by atoms with Crippen molar-refractivity contribution in [2.75, 3.05) is 27.3 Å². The highest BCUT2D eigenvalue weighted by atomic mass is 127. The fourth-order valence-corrected chi connectivity index (χ4v) is 2.53. The van der Waals surface area contributed by atoms with Crippen LogP contribution in [0.4, 0.5) is 0 Å². The molecule has 0 saturated carbocycles. The number of carbonyl (C=O) groups excluding carboxylic acids is 1. The molecule has 6 nitrogen and oxygen atoms in total. The Kier molecular flexibility index (Phi) is 11.0. The van der Waals surface area contributed by atoms with E-state index < -0.39 is 0 Å². The number of nitrogens with one attached hydrogen (secondary N) is 2. The van der Waals surface area contributed by atoms with E-state index in [1.807, 2.05) is 43.3 Å². The zero-order valence-electron chi connectivity index (χ0n) is 16.5. The van der Waals surface area contributed by atoms with Gasteiger partial charge in [0.1, 0.15) is 5.75 Å². The van der Waals surface area contributed by atoms with Crippen molar-refractivity contribution in [2.45, 2.75) is 19.9 Å². The first-order valence-corrected chi connectivity index (χ1v) is 8.98. The molecule has 0 bridgehead atoms. The standard InChI is InChI=1S/C21H27N3O3.HI/c1-4-22-21(24-15-17-6-5-7-19(14-17)26-2)23-13-12-16-8-10-18(11-9-16)20(25)27-3;/h5-11,14H,4,12-13,15H2,1-3H3,(H2,22,23,24);1H. The third-order valence-electron chi connectivity index (χ3n) is 3.98. The van der Waals surface area contributed by atoms with E-state index in [2.05, 4.69) is 15.6 Å². The third kappa shape index (κ3) is 7.75. The van der Waals surface area contributed by atoms with Gasteiger partial charge in [0.05, 0.1) is 26.3 Å². The predicted molar refractivity (Wildman–Crippen MR) is 123 cm³/mol. The van der Waals surface area contributed by atoms with Crippen LogP contribution in [-0.4, -0.2) is 39.2 Å². The van der Waals surface area contributed by atoms with E-state index in [-0.39, 0.29) is 29.9 Å². The molecule has 0 spiro atoms. The molecule has 2 aromatic rings. The highest BCUT2D eigenvalue weighted by molar-refractivity contribution is 14.0. The van der Waals surface area contributed by atoms with Gasteiger partial charge in [0.2, 0.25) is 0 Å². The molecule has 152 valence electrons. The van der Waals surface area contributed by atoms with E-state index in [1.165, 1.54) is 7.11 Å². The molecule has 0 fully saturated rings. The Morgan fingerprint density at radius 1 is 1.04 bits per heavy atom. The van der Waals surface area contributed by atoms with Crippen molar-refractivity contribution in [3.05, 3.63) is 65.2 Å². The predicted octanol–water partition coefficient (Wildman–Crippen LogP) is 3.40. The fourth-order valence-electron chi connectivity index (χ4n) is 2.53. The third-order valence-corrected chi connectivity index (χ3v) is 3.98. The Morgan fingerprint density at radius 2 is 1.79 bits per heavy atom. The number of hydrogen-bond donors (Lipinski definition) is 2. The molecule has 2 rings (SSSR count). The number of nitrogens with zero attached hydrogens (tertiary/aromatic N) is 1. The number of guanidine groups is 1. The lowest BCUT2D eigenvalue weighted by Crippen LogP contribution is -2.38. The average Bonchev–Trinajstić information content (AvgIpc) is 2.72. The van der Waals surface area contributed by atoms with Crippen LogP contribution in [-0.2, 0) is 17.7 Å². The molecule has 0 aliphatic carbocycles. The van der Waals surface area contributed by atoms with E-state index in [1.54, 1.807) is 19.2 Å². The molecular formula is C21H28IN3O3. The van der Waals surface area contributed by atoms with Crippen molar-refractivity contribution in [1.29, 1.82) is 0 Å². The summed E-state index contributed by atoms with van der Waals surface area (Å²) in [5.41, 5.74) is 2.78. The number of benzene rings is 2. The topological polar surface area (TPSA) is 72.0 Å². The first-order chi connectivity index (χ1) is 13.2. The molecule has 0 radical (unpaired) electrons. The van der Waals surface area contributed by atoms with Crippen molar-refractivity contribution < 1.29 is 14.3 Å². The van der Waals surface area contributed by atoms with Gasteiger partial charge < -0.3 is 20.1 Å². The quantitative estimate of drug-likeness (QED) is 0.253. The molecule has 0 heterocycles. The van der Waals surface area contributed by atoms with Crippen LogP contribution in [0, 0.1) is 0 Å². The van der Waals surface area contributed by atoms with Crippen LogP contribution in [0.5, 0.6) is 5.75 Å². The molecule has 0 aromatic heterocycles. The van der Waals surface area contributed by atoms with Gasteiger partial charge in [-0.25, -0.2) is 9.79 Å². The van der Waals surface area contributed by atoms with Gasteiger partial charge in [-0.1, -0.05) is 24.3 Å².